The van der Waals surface area contributed by atoms with Crippen LogP contribution in [0.4, 0.5) is 4.39 Å². The minimum absolute atomic E-state index is 0.171. The van der Waals surface area contributed by atoms with Gasteiger partial charge in [-0.2, -0.15) is 9.40 Å². The van der Waals surface area contributed by atoms with Crippen LogP contribution in [0.25, 0.3) is 10.9 Å². The molecule has 2 saturated heterocycles. The largest absolute Gasteiger partial charge is 0.303 e. The van der Waals surface area contributed by atoms with Crippen molar-refractivity contribution in [2.75, 3.05) is 44.2 Å². The van der Waals surface area contributed by atoms with Crippen molar-refractivity contribution < 1.29 is 12.8 Å². The Morgan fingerprint density at radius 3 is 2.66 bits per heavy atom. The molecule has 1 N–H and O–H groups in total. The highest BCUT2D eigenvalue weighted by atomic mass is 32.2. The molecule has 2 aromatic carbocycles. The first-order valence-electron chi connectivity index (χ1n) is 12.2. The topological polar surface area (TPSA) is 69.3 Å². The Bertz CT molecular complexity index is 1330. The molecule has 2 fully saturated rings. The van der Waals surface area contributed by atoms with Crippen LogP contribution in [-0.2, 0) is 14.1 Å². The minimum atomic E-state index is -3.46. The number of hydrogen-bond acceptors (Lipinski definition) is 6. The first-order valence-corrected chi connectivity index (χ1v) is 15.6. The smallest absolute Gasteiger partial charge is 0.243 e. The zero-order valence-electron chi connectivity index (χ0n) is 19.5. The summed E-state index contributed by atoms with van der Waals surface area (Å²) in [6.07, 6.45) is 2.85. The van der Waals surface area contributed by atoms with Gasteiger partial charge < -0.3 is 4.90 Å². The number of nitrogens with zero attached hydrogens (tertiary/aromatic N) is 3. The molecule has 186 valence electrons. The van der Waals surface area contributed by atoms with Crippen LogP contribution in [0.5, 0.6) is 0 Å². The molecule has 10 heteroatoms. The van der Waals surface area contributed by atoms with Crippen molar-refractivity contribution in [1.29, 1.82) is 0 Å². The number of aromatic nitrogens is 2. The number of benzene rings is 2. The van der Waals surface area contributed by atoms with Crippen LogP contribution < -0.4 is 0 Å². The number of likely N-dealkylation sites (tertiary alicyclic amines) is 1. The van der Waals surface area contributed by atoms with Crippen molar-refractivity contribution in [3.05, 3.63) is 59.5 Å². The van der Waals surface area contributed by atoms with E-state index in [9.17, 15) is 12.8 Å². The van der Waals surface area contributed by atoms with Crippen LogP contribution in [-0.4, -0.2) is 72.0 Å². The fraction of sp³-hybridized carbons (Fsp3) is 0.480. The van der Waals surface area contributed by atoms with Crippen molar-refractivity contribution in [3.8, 4) is 0 Å². The maximum absolute atomic E-state index is 13.5. The maximum Gasteiger partial charge on any atom is 0.243 e. The van der Waals surface area contributed by atoms with E-state index >= 15 is 0 Å². The molecule has 0 atom stereocenters. The zero-order chi connectivity index (χ0) is 24.0. The van der Waals surface area contributed by atoms with Crippen molar-refractivity contribution in [1.82, 2.24) is 19.4 Å². The number of aromatic amines is 1. The SMILES string of the molecule is O=S1(=O)c2ccccc2C2(CN1CCCN1CCC(c3[nH]nc4cc(F)ccc34)CC1)SCCS2. The monoisotopic (exact) mass is 532 g/mol. The van der Waals surface area contributed by atoms with E-state index in [1.165, 1.54) is 12.1 Å². The van der Waals surface area contributed by atoms with Gasteiger partial charge in [0.15, 0.2) is 0 Å². The highest BCUT2D eigenvalue weighted by Gasteiger charge is 2.48. The van der Waals surface area contributed by atoms with E-state index in [-0.39, 0.29) is 9.90 Å². The van der Waals surface area contributed by atoms with E-state index in [4.69, 9.17) is 0 Å². The fourth-order valence-electron chi connectivity index (χ4n) is 5.68. The lowest BCUT2D eigenvalue weighted by Crippen LogP contribution is -2.46. The van der Waals surface area contributed by atoms with Crippen LogP contribution >= 0.6 is 23.5 Å². The molecule has 0 amide bonds. The summed E-state index contributed by atoms with van der Waals surface area (Å²) < 4.78 is 41.8. The van der Waals surface area contributed by atoms with E-state index in [2.05, 4.69) is 15.1 Å². The van der Waals surface area contributed by atoms with Gasteiger partial charge in [0.05, 0.1) is 10.4 Å². The average Bonchev–Trinajstić information content (AvgIpc) is 3.51. The summed E-state index contributed by atoms with van der Waals surface area (Å²) in [5.41, 5.74) is 2.76. The molecular weight excluding hydrogens is 504 g/mol. The van der Waals surface area contributed by atoms with Crippen molar-refractivity contribution in [2.24, 2.45) is 0 Å². The van der Waals surface area contributed by atoms with Gasteiger partial charge >= 0.3 is 0 Å². The van der Waals surface area contributed by atoms with E-state index in [0.717, 1.165) is 67.0 Å². The Hall–Kier alpha value is -1.59. The minimum Gasteiger partial charge on any atom is -0.303 e. The molecule has 0 aliphatic carbocycles. The number of sulfonamides is 1. The molecule has 4 heterocycles. The standard InChI is InChI=1S/C25H29FN4O2S3/c26-19-6-7-20-22(16-19)27-28-24(20)18-8-12-29(13-9-18)10-3-11-30-17-25(33-14-15-34-25)21-4-1-2-5-23(21)35(30,31)32/h1-2,4-7,16,18H,3,8-15,17H2,(H,27,28). The number of halogens is 1. The van der Waals surface area contributed by atoms with Crippen LogP contribution in [0.15, 0.2) is 47.4 Å². The molecule has 0 saturated carbocycles. The predicted octanol–water partition coefficient (Wildman–Crippen LogP) is 4.61. The van der Waals surface area contributed by atoms with Crippen LogP contribution in [0.3, 0.4) is 0 Å². The quantitative estimate of drug-likeness (QED) is 0.518. The highest BCUT2D eigenvalue weighted by Crippen LogP contribution is 2.56. The lowest BCUT2D eigenvalue weighted by molar-refractivity contribution is 0.203. The molecular formula is C25H29FN4O2S3. The number of piperidine rings is 1. The Labute approximate surface area is 214 Å². The average molecular weight is 533 g/mol. The molecule has 3 aliphatic rings. The van der Waals surface area contributed by atoms with Gasteiger partial charge in [-0.3, -0.25) is 5.10 Å². The van der Waals surface area contributed by atoms with Crippen LogP contribution in [0.1, 0.15) is 36.4 Å². The zero-order valence-corrected chi connectivity index (χ0v) is 21.9. The number of rotatable bonds is 5. The van der Waals surface area contributed by atoms with E-state index in [1.54, 1.807) is 10.4 Å². The molecule has 6 nitrogen and oxygen atoms in total. The Balaban J connectivity index is 1.08. The summed E-state index contributed by atoms with van der Waals surface area (Å²) in [4.78, 5) is 2.93. The Morgan fingerprint density at radius 2 is 1.86 bits per heavy atom. The highest BCUT2D eigenvalue weighted by molar-refractivity contribution is 8.20. The molecule has 0 unspecified atom stereocenters. The second-order valence-electron chi connectivity index (χ2n) is 9.55. The van der Waals surface area contributed by atoms with Crippen molar-refractivity contribution in [2.45, 2.75) is 34.2 Å². The summed E-state index contributed by atoms with van der Waals surface area (Å²) in [6, 6.07) is 12.4. The van der Waals surface area contributed by atoms with E-state index in [1.807, 2.05) is 47.8 Å². The summed E-state index contributed by atoms with van der Waals surface area (Å²) in [6.45, 7) is 3.94. The number of fused-ring (bicyclic) bond motifs is 3. The first-order chi connectivity index (χ1) is 17.0. The van der Waals surface area contributed by atoms with E-state index in [0.29, 0.717) is 29.4 Å². The molecule has 3 aliphatic heterocycles. The summed E-state index contributed by atoms with van der Waals surface area (Å²) in [5.74, 6) is 2.24. The third-order valence-electron chi connectivity index (χ3n) is 7.48. The molecule has 0 radical (unpaired) electrons. The van der Waals surface area contributed by atoms with Gasteiger partial charge in [-0.1, -0.05) is 18.2 Å². The molecule has 35 heavy (non-hydrogen) atoms. The number of H-pyrrole nitrogens is 1. The third-order valence-corrected chi connectivity index (χ3v) is 12.8. The van der Waals surface area contributed by atoms with Gasteiger partial charge in [0.25, 0.3) is 0 Å². The second kappa shape index (κ2) is 9.37. The van der Waals surface area contributed by atoms with Crippen molar-refractivity contribution >= 4 is 44.4 Å². The second-order valence-corrected chi connectivity index (χ2v) is 14.5. The summed E-state index contributed by atoms with van der Waals surface area (Å²) >= 11 is 3.78. The molecule has 3 aromatic rings. The molecule has 1 spiro atoms. The number of thioether (sulfide) groups is 2. The number of nitrogens with one attached hydrogen (secondary N) is 1. The number of hydrogen-bond donors (Lipinski definition) is 1. The molecule has 6 rings (SSSR count). The summed E-state index contributed by atoms with van der Waals surface area (Å²) in [7, 11) is -3.46. The summed E-state index contributed by atoms with van der Waals surface area (Å²) in [5, 5.41) is 8.44. The third kappa shape index (κ3) is 4.31. The van der Waals surface area contributed by atoms with Gasteiger partial charge in [0.2, 0.25) is 10.0 Å². The van der Waals surface area contributed by atoms with Crippen molar-refractivity contribution in [3.63, 3.8) is 0 Å². The molecule has 0 bridgehead atoms. The lowest BCUT2D eigenvalue weighted by atomic mass is 9.91. The van der Waals surface area contributed by atoms with Crippen LogP contribution in [0.2, 0.25) is 0 Å². The normalized spacial score (nSPS) is 22.7. The van der Waals surface area contributed by atoms with E-state index < -0.39 is 10.0 Å². The van der Waals surface area contributed by atoms with Gasteiger partial charge in [-0.15, -0.1) is 23.5 Å². The Kier molecular flexibility index (Phi) is 6.37. The van der Waals surface area contributed by atoms with Gasteiger partial charge in [0.1, 0.15) is 9.90 Å². The lowest BCUT2D eigenvalue weighted by Gasteiger charge is -2.40. The first kappa shape index (κ1) is 23.8. The van der Waals surface area contributed by atoms with Gasteiger partial charge in [-0.25, -0.2) is 12.8 Å². The van der Waals surface area contributed by atoms with Gasteiger partial charge in [-0.05, 0) is 62.7 Å². The maximum atomic E-state index is 13.5. The van der Waals surface area contributed by atoms with Crippen LogP contribution in [0, 0.1) is 5.82 Å². The van der Waals surface area contributed by atoms with Gasteiger partial charge in [0, 0.05) is 47.7 Å². The predicted molar refractivity (Wildman–Crippen MR) is 141 cm³/mol. The Morgan fingerprint density at radius 1 is 1.09 bits per heavy atom. The molecule has 1 aromatic heterocycles. The fourth-order valence-corrected chi connectivity index (χ4v) is 11.1.